The molecule has 1 fully saturated rings. The van der Waals surface area contributed by atoms with Crippen LogP contribution in [0.3, 0.4) is 0 Å². The highest BCUT2D eigenvalue weighted by Crippen LogP contribution is 2.18. The summed E-state index contributed by atoms with van der Waals surface area (Å²) < 4.78 is 0. The van der Waals surface area contributed by atoms with Crippen LogP contribution >= 0.6 is 11.3 Å². The van der Waals surface area contributed by atoms with Crippen LogP contribution in [0.5, 0.6) is 0 Å². The van der Waals surface area contributed by atoms with Crippen molar-refractivity contribution in [1.29, 1.82) is 0 Å². The van der Waals surface area contributed by atoms with Crippen LogP contribution < -0.4 is 10.2 Å². The van der Waals surface area contributed by atoms with Crippen molar-refractivity contribution in [1.82, 2.24) is 15.5 Å². The maximum absolute atomic E-state index is 4.21. The van der Waals surface area contributed by atoms with Gasteiger partial charge in [0.25, 0.3) is 0 Å². The molecule has 5 heteroatoms. The molecule has 20 heavy (non-hydrogen) atoms. The lowest BCUT2D eigenvalue weighted by Gasteiger charge is -2.33. The molecule has 0 amide bonds. The van der Waals surface area contributed by atoms with E-state index in [1.165, 1.54) is 22.6 Å². The van der Waals surface area contributed by atoms with Crippen LogP contribution in [-0.4, -0.2) is 29.3 Å². The highest BCUT2D eigenvalue weighted by molar-refractivity contribution is 7.11. The van der Waals surface area contributed by atoms with Crippen LogP contribution in [-0.2, 0) is 6.54 Å². The fraction of sp³-hybridized carbons (Fsp3) is 0.467. The third-order valence-corrected chi connectivity index (χ3v) is 4.67. The second-order valence-corrected chi connectivity index (χ2v) is 6.63. The molecule has 0 saturated carbocycles. The number of piperidine rings is 1. The summed E-state index contributed by atoms with van der Waals surface area (Å²) in [7, 11) is 0. The van der Waals surface area contributed by atoms with E-state index in [0.29, 0.717) is 6.04 Å². The van der Waals surface area contributed by atoms with Gasteiger partial charge in [0.15, 0.2) is 5.82 Å². The summed E-state index contributed by atoms with van der Waals surface area (Å²) >= 11 is 1.88. The molecule has 0 aliphatic carbocycles. The standard InChI is InChI=1S/C15H20N4S/c1-12-6-7-14(20-12)10-16-13-4-3-9-19(11-13)15-5-2-8-17-18-15/h2,5-8,13,16H,3-4,9-11H2,1H3. The van der Waals surface area contributed by atoms with Crippen molar-refractivity contribution in [2.45, 2.75) is 32.4 Å². The predicted octanol–water partition coefficient (Wildman–Crippen LogP) is 2.61. The van der Waals surface area contributed by atoms with Crippen LogP contribution in [0.15, 0.2) is 30.5 Å². The summed E-state index contributed by atoms with van der Waals surface area (Å²) in [5.74, 6) is 0.992. The Kier molecular flexibility index (Phi) is 4.28. The minimum atomic E-state index is 0.535. The van der Waals surface area contributed by atoms with Crippen LogP contribution in [0, 0.1) is 6.92 Å². The van der Waals surface area contributed by atoms with Gasteiger partial charge < -0.3 is 10.2 Å². The van der Waals surface area contributed by atoms with E-state index in [1.807, 2.05) is 23.5 Å². The highest BCUT2D eigenvalue weighted by atomic mass is 32.1. The van der Waals surface area contributed by atoms with Crippen LogP contribution in [0.4, 0.5) is 5.82 Å². The van der Waals surface area contributed by atoms with Gasteiger partial charge in [0, 0.05) is 41.6 Å². The molecular formula is C15H20N4S. The Balaban J connectivity index is 1.55. The molecular weight excluding hydrogens is 268 g/mol. The largest absolute Gasteiger partial charge is 0.354 e. The molecule has 1 N–H and O–H groups in total. The number of aryl methyl sites for hydroxylation is 1. The number of nitrogens with zero attached hydrogens (tertiary/aromatic N) is 3. The highest BCUT2D eigenvalue weighted by Gasteiger charge is 2.20. The van der Waals surface area contributed by atoms with E-state index >= 15 is 0 Å². The molecule has 1 saturated heterocycles. The lowest BCUT2D eigenvalue weighted by molar-refractivity contribution is 0.421. The smallest absolute Gasteiger partial charge is 0.151 e. The van der Waals surface area contributed by atoms with E-state index in [2.05, 4.69) is 39.5 Å². The number of hydrogen-bond acceptors (Lipinski definition) is 5. The molecule has 1 atom stereocenters. The molecule has 1 unspecified atom stereocenters. The Labute approximate surface area is 123 Å². The third-order valence-electron chi connectivity index (χ3n) is 3.66. The van der Waals surface area contributed by atoms with Gasteiger partial charge in [0.2, 0.25) is 0 Å². The van der Waals surface area contributed by atoms with E-state index in [-0.39, 0.29) is 0 Å². The summed E-state index contributed by atoms with van der Waals surface area (Å²) in [6.45, 7) is 5.22. The fourth-order valence-electron chi connectivity index (χ4n) is 2.64. The first-order chi connectivity index (χ1) is 9.81. The van der Waals surface area contributed by atoms with Gasteiger partial charge in [-0.25, -0.2) is 0 Å². The van der Waals surface area contributed by atoms with Crippen molar-refractivity contribution in [2.24, 2.45) is 0 Å². The number of nitrogens with one attached hydrogen (secondary N) is 1. The minimum absolute atomic E-state index is 0.535. The summed E-state index contributed by atoms with van der Waals surface area (Å²) in [5.41, 5.74) is 0. The SMILES string of the molecule is Cc1ccc(CNC2CCCN(c3cccnn3)C2)s1. The van der Waals surface area contributed by atoms with Crippen molar-refractivity contribution in [3.63, 3.8) is 0 Å². The average Bonchev–Trinajstić information content (AvgIpc) is 2.92. The molecule has 0 radical (unpaired) electrons. The molecule has 4 nitrogen and oxygen atoms in total. The molecule has 2 aromatic heterocycles. The zero-order valence-electron chi connectivity index (χ0n) is 11.7. The van der Waals surface area contributed by atoms with Crippen LogP contribution in [0.1, 0.15) is 22.6 Å². The van der Waals surface area contributed by atoms with Crippen molar-refractivity contribution >= 4 is 17.2 Å². The first-order valence-corrected chi connectivity index (χ1v) is 7.94. The summed E-state index contributed by atoms with van der Waals surface area (Å²) in [6, 6.07) is 8.93. The lowest BCUT2D eigenvalue weighted by atomic mass is 10.1. The molecule has 3 rings (SSSR count). The quantitative estimate of drug-likeness (QED) is 0.939. The predicted molar refractivity (Wildman–Crippen MR) is 83.2 cm³/mol. The normalized spacial score (nSPS) is 19.2. The second-order valence-electron chi connectivity index (χ2n) is 5.26. The van der Waals surface area contributed by atoms with E-state index in [9.17, 15) is 0 Å². The Hall–Kier alpha value is -1.46. The van der Waals surface area contributed by atoms with Crippen molar-refractivity contribution in [3.8, 4) is 0 Å². The van der Waals surface area contributed by atoms with E-state index < -0.39 is 0 Å². The minimum Gasteiger partial charge on any atom is -0.354 e. The average molecular weight is 288 g/mol. The molecule has 0 spiro atoms. The molecule has 1 aliphatic rings. The van der Waals surface area contributed by atoms with Gasteiger partial charge in [0.1, 0.15) is 0 Å². The Morgan fingerprint density at radius 1 is 1.40 bits per heavy atom. The number of anilines is 1. The number of hydrogen-bond donors (Lipinski definition) is 1. The maximum Gasteiger partial charge on any atom is 0.151 e. The first kappa shape index (κ1) is 13.5. The molecule has 0 bridgehead atoms. The van der Waals surface area contributed by atoms with Crippen molar-refractivity contribution < 1.29 is 0 Å². The lowest BCUT2D eigenvalue weighted by Crippen LogP contribution is -2.45. The van der Waals surface area contributed by atoms with Crippen LogP contribution in [0.25, 0.3) is 0 Å². The van der Waals surface area contributed by atoms with E-state index in [4.69, 9.17) is 0 Å². The third kappa shape index (κ3) is 3.35. The summed E-state index contributed by atoms with van der Waals surface area (Å²) in [6.07, 6.45) is 4.17. The van der Waals surface area contributed by atoms with Gasteiger partial charge in [-0.2, -0.15) is 5.10 Å². The Morgan fingerprint density at radius 3 is 3.10 bits per heavy atom. The van der Waals surface area contributed by atoms with E-state index in [1.54, 1.807) is 6.20 Å². The first-order valence-electron chi connectivity index (χ1n) is 7.12. The molecule has 1 aliphatic heterocycles. The zero-order valence-corrected chi connectivity index (χ0v) is 12.6. The topological polar surface area (TPSA) is 41.0 Å². The second kappa shape index (κ2) is 6.33. The van der Waals surface area contributed by atoms with Gasteiger partial charge in [-0.15, -0.1) is 16.4 Å². The Morgan fingerprint density at radius 2 is 2.35 bits per heavy atom. The number of rotatable bonds is 4. The molecule has 0 aromatic carbocycles. The zero-order chi connectivity index (χ0) is 13.8. The molecule has 3 heterocycles. The van der Waals surface area contributed by atoms with Gasteiger partial charge in [0.05, 0.1) is 0 Å². The number of aromatic nitrogens is 2. The van der Waals surface area contributed by atoms with Crippen molar-refractivity contribution in [3.05, 3.63) is 40.2 Å². The Bertz CT molecular complexity index is 540. The van der Waals surface area contributed by atoms with Gasteiger partial charge >= 0.3 is 0 Å². The van der Waals surface area contributed by atoms with E-state index in [0.717, 1.165) is 25.5 Å². The fourth-order valence-corrected chi connectivity index (χ4v) is 3.48. The molecule has 2 aromatic rings. The van der Waals surface area contributed by atoms with Gasteiger partial charge in [-0.05, 0) is 44.0 Å². The summed E-state index contributed by atoms with van der Waals surface area (Å²) in [4.78, 5) is 5.12. The number of thiophene rings is 1. The van der Waals surface area contributed by atoms with Gasteiger partial charge in [-0.3, -0.25) is 0 Å². The van der Waals surface area contributed by atoms with Gasteiger partial charge in [-0.1, -0.05) is 0 Å². The molecule has 106 valence electrons. The maximum atomic E-state index is 4.21. The monoisotopic (exact) mass is 288 g/mol. The summed E-state index contributed by atoms with van der Waals surface area (Å²) in [5, 5.41) is 11.9. The van der Waals surface area contributed by atoms with Crippen LogP contribution in [0.2, 0.25) is 0 Å². The van der Waals surface area contributed by atoms with Crippen molar-refractivity contribution in [2.75, 3.05) is 18.0 Å².